The zero-order valence-electron chi connectivity index (χ0n) is 15.6. The third kappa shape index (κ3) is 4.97. The van der Waals surface area contributed by atoms with Crippen LogP contribution in [-0.4, -0.2) is 30.8 Å². The van der Waals surface area contributed by atoms with E-state index in [4.69, 9.17) is 9.47 Å². The molecule has 0 radical (unpaired) electrons. The Morgan fingerprint density at radius 3 is 2.79 bits per heavy atom. The largest absolute Gasteiger partial charge is 0.493 e. The lowest BCUT2D eigenvalue weighted by Crippen LogP contribution is -2.45. The molecular formula is C20H31NO3. The molecule has 0 bridgehead atoms. The molecule has 4 nitrogen and oxygen atoms in total. The third-order valence-electron chi connectivity index (χ3n) is 4.39. The van der Waals surface area contributed by atoms with Gasteiger partial charge in [0, 0.05) is 18.2 Å². The van der Waals surface area contributed by atoms with E-state index in [0.717, 1.165) is 30.6 Å². The molecule has 1 unspecified atom stereocenters. The first kappa shape index (κ1) is 18.8. The number of benzene rings is 1. The number of nitrogens with one attached hydrogen (secondary N) is 1. The second-order valence-corrected chi connectivity index (χ2v) is 7.53. The SMILES string of the molecule is CCCOc1ccc(C(=O)NC2CCOC(C)(C)C2)cc1C(C)C. The van der Waals surface area contributed by atoms with Crippen LogP contribution in [0.3, 0.4) is 0 Å². The molecule has 4 heteroatoms. The normalized spacial score (nSPS) is 20.0. The van der Waals surface area contributed by atoms with Gasteiger partial charge in [0.1, 0.15) is 5.75 Å². The van der Waals surface area contributed by atoms with Crippen molar-refractivity contribution in [1.29, 1.82) is 0 Å². The average molecular weight is 333 g/mol. The summed E-state index contributed by atoms with van der Waals surface area (Å²) in [6.45, 7) is 11.9. The summed E-state index contributed by atoms with van der Waals surface area (Å²) in [4.78, 5) is 12.6. The van der Waals surface area contributed by atoms with Crippen LogP contribution in [0.25, 0.3) is 0 Å². The molecule has 0 aromatic heterocycles. The van der Waals surface area contributed by atoms with Gasteiger partial charge in [0.2, 0.25) is 0 Å². The van der Waals surface area contributed by atoms with Crippen LogP contribution in [0.5, 0.6) is 5.75 Å². The number of carbonyl (C=O) groups is 1. The zero-order chi connectivity index (χ0) is 17.7. The Balaban J connectivity index is 2.10. The summed E-state index contributed by atoms with van der Waals surface area (Å²) in [6.07, 6.45) is 2.68. The minimum absolute atomic E-state index is 0.0124. The minimum Gasteiger partial charge on any atom is -0.493 e. The minimum atomic E-state index is -0.170. The number of rotatable bonds is 6. The van der Waals surface area contributed by atoms with Crippen molar-refractivity contribution in [2.24, 2.45) is 0 Å². The highest BCUT2D eigenvalue weighted by Gasteiger charge is 2.29. The second-order valence-electron chi connectivity index (χ2n) is 7.53. The van der Waals surface area contributed by atoms with Crippen molar-refractivity contribution in [3.63, 3.8) is 0 Å². The molecular weight excluding hydrogens is 302 g/mol. The number of hydrogen-bond donors (Lipinski definition) is 1. The van der Waals surface area contributed by atoms with Gasteiger partial charge in [0.15, 0.2) is 0 Å². The van der Waals surface area contributed by atoms with Crippen LogP contribution in [-0.2, 0) is 4.74 Å². The van der Waals surface area contributed by atoms with E-state index in [-0.39, 0.29) is 17.6 Å². The fourth-order valence-electron chi connectivity index (χ4n) is 3.11. The molecule has 1 aromatic carbocycles. The van der Waals surface area contributed by atoms with Crippen molar-refractivity contribution in [3.8, 4) is 5.75 Å². The first-order valence-electron chi connectivity index (χ1n) is 9.04. The number of ether oxygens (including phenoxy) is 2. The van der Waals surface area contributed by atoms with Crippen molar-refractivity contribution in [1.82, 2.24) is 5.32 Å². The fraction of sp³-hybridized carbons (Fsp3) is 0.650. The maximum absolute atomic E-state index is 12.6. The Kier molecular flexibility index (Phi) is 6.27. The zero-order valence-corrected chi connectivity index (χ0v) is 15.6. The molecule has 0 saturated carbocycles. The van der Waals surface area contributed by atoms with E-state index in [9.17, 15) is 4.79 Å². The van der Waals surface area contributed by atoms with Gasteiger partial charge in [0.05, 0.1) is 12.2 Å². The van der Waals surface area contributed by atoms with Gasteiger partial charge in [-0.3, -0.25) is 4.79 Å². The van der Waals surface area contributed by atoms with Crippen LogP contribution < -0.4 is 10.1 Å². The average Bonchev–Trinajstić information content (AvgIpc) is 2.51. The maximum Gasteiger partial charge on any atom is 0.251 e. The van der Waals surface area contributed by atoms with E-state index in [1.54, 1.807) is 0 Å². The van der Waals surface area contributed by atoms with Crippen molar-refractivity contribution in [2.45, 2.75) is 71.4 Å². The van der Waals surface area contributed by atoms with Gasteiger partial charge >= 0.3 is 0 Å². The Morgan fingerprint density at radius 1 is 1.42 bits per heavy atom. The van der Waals surface area contributed by atoms with Gasteiger partial charge in [-0.2, -0.15) is 0 Å². The Morgan fingerprint density at radius 2 is 2.17 bits per heavy atom. The molecule has 1 amide bonds. The molecule has 24 heavy (non-hydrogen) atoms. The Hall–Kier alpha value is -1.55. The van der Waals surface area contributed by atoms with Gasteiger partial charge in [-0.05, 0) is 62.8 Å². The van der Waals surface area contributed by atoms with Crippen LogP contribution in [0.15, 0.2) is 18.2 Å². The van der Waals surface area contributed by atoms with Crippen LogP contribution >= 0.6 is 0 Å². The van der Waals surface area contributed by atoms with Crippen molar-refractivity contribution >= 4 is 5.91 Å². The Labute approximate surface area is 145 Å². The lowest BCUT2D eigenvalue weighted by Gasteiger charge is -2.35. The fourth-order valence-corrected chi connectivity index (χ4v) is 3.11. The molecule has 1 aliphatic heterocycles. The molecule has 1 heterocycles. The van der Waals surface area contributed by atoms with Crippen LogP contribution in [0, 0.1) is 0 Å². The predicted octanol–water partition coefficient (Wildman–Crippen LogP) is 4.29. The van der Waals surface area contributed by atoms with Crippen LogP contribution in [0.2, 0.25) is 0 Å². The topological polar surface area (TPSA) is 47.6 Å². The van der Waals surface area contributed by atoms with E-state index >= 15 is 0 Å². The number of amides is 1. The highest BCUT2D eigenvalue weighted by atomic mass is 16.5. The van der Waals surface area contributed by atoms with E-state index in [1.165, 1.54) is 0 Å². The summed E-state index contributed by atoms with van der Waals surface area (Å²) >= 11 is 0. The van der Waals surface area contributed by atoms with Gasteiger partial charge < -0.3 is 14.8 Å². The van der Waals surface area contributed by atoms with Crippen LogP contribution in [0.1, 0.15) is 75.7 Å². The third-order valence-corrected chi connectivity index (χ3v) is 4.39. The van der Waals surface area contributed by atoms with E-state index in [0.29, 0.717) is 24.7 Å². The summed E-state index contributed by atoms with van der Waals surface area (Å²) in [5.74, 6) is 1.18. The molecule has 134 valence electrons. The van der Waals surface area contributed by atoms with E-state index in [1.807, 2.05) is 18.2 Å². The molecule has 0 aliphatic carbocycles. The smallest absolute Gasteiger partial charge is 0.251 e. The molecule has 1 saturated heterocycles. The maximum atomic E-state index is 12.6. The first-order chi connectivity index (χ1) is 11.3. The number of hydrogen-bond acceptors (Lipinski definition) is 3. The first-order valence-corrected chi connectivity index (χ1v) is 9.04. The van der Waals surface area contributed by atoms with Crippen LogP contribution in [0.4, 0.5) is 0 Å². The summed E-state index contributed by atoms with van der Waals surface area (Å²) < 4.78 is 11.5. The van der Waals surface area contributed by atoms with Crippen molar-refractivity contribution in [3.05, 3.63) is 29.3 Å². The molecule has 1 N–H and O–H groups in total. The molecule has 2 rings (SSSR count). The summed E-state index contributed by atoms with van der Waals surface area (Å²) in [7, 11) is 0. The van der Waals surface area contributed by atoms with E-state index < -0.39 is 0 Å². The lowest BCUT2D eigenvalue weighted by atomic mass is 9.93. The monoisotopic (exact) mass is 333 g/mol. The summed E-state index contributed by atoms with van der Waals surface area (Å²) in [5, 5.41) is 3.16. The van der Waals surface area contributed by atoms with Crippen molar-refractivity contribution < 1.29 is 14.3 Å². The van der Waals surface area contributed by atoms with E-state index in [2.05, 4.69) is 39.9 Å². The quantitative estimate of drug-likeness (QED) is 0.845. The summed E-state index contributed by atoms with van der Waals surface area (Å²) in [6, 6.07) is 5.92. The second kappa shape index (κ2) is 8.02. The molecule has 1 atom stereocenters. The lowest BCUT2D eigenvalue weighted by molar-refractivity contribution is -0.0615. The van der Waals surface area contributed by atoms with Gasteiger partial charge in [0.25, 0.3) is 5.91 Å². The summed E-state index contributed by atoms with van der Waals surface area (Å²) in [5.41, 5.74) is 1.62. The molecule has 1 aliphatic rings. The molecule has 1 aromatic rings. The highest BCUT2D eigenvalue weighted by Crippen LogP contribution is 2.28. The molecule has 0 spiro atoms. The Bertz CT molecular complexity index is 566. The standard InChI is InChI=1S/C20H31NO3/c1-6-10-23-18-8-7-15(12-17(18)14(2)3)19(22)21-16-9-11-24-20(4,5)13-16/h7-8,12,14,16H,6,9-11,13H2,1-5H3,(H,21,22). The van der Waals surface area contributed by atoms with Gasteiger partial charge in [-0.15, -0.1) is 0 Å². The highest BCUT2D eigenvalue weighted by molar-refractivity contribution is 5.94. The molecule has 1 fully saturated rings. The number of carbonyl (C=O) groups excluding carboxylic acids is 1. The van der Waals surface area contributed by atoms with Gasteiger partial charge in [-0.1, -0.05) is 20.8 Å². The van der Waals surface area contributed by atoms with Gasteiger partial charge in [-0.25, -0.2) is 0 Å². The predicted molar refractivity (Wildman–Crippen MR) is 96.8 cm³/mol. The van der Waals surface area contributed by atoms with Crippen molar-refractivity contribution in [2.75, 3.05) is 13.2 Å².